The summed E-state index contributed by atoms with van der Waals surface area (Å²) in [5.41, 5.74) is 1.25. The van der Waals surface area contributed by atoms with Crippen LogP contribution >= 0.6 is 0 Å². The van der Waals surface area contributed by atoms with Gasteiger partial charge in [0.25, 0.3) is 5.56 Å². The van der Waals surface area contributed by atoms with Crippen LogP contribution < -0.4 is 10.9 Å². The molecule has 0 saturated heterocycles. The fourth-order valence-corrected chi connectivity index (χ4v) is 2.88. The number of aryl methyl sites for hydroxylation is 2. The van der Waals surface area contributed by atoms with E-state index in [1.807, 2.05) is 13.0 Å². The second-order valence-electron chi connectivity index (χ2n) is 6.55. The number of aliphatic carboxylic acids is 1. The van der Waals surface area contributed by atoms with Crippen molar-refractivity contribution in [2.45, 2.75) is 39.8 Å². The third-order valence-electron chi connectivity index (χ3n) is 4.49. The fourth-order valence-electron chi connectivity index (χ4n) is 2.88. The highest BCUT2D eigenvalue weighted by atomic mass is 16.4. The van der Waals surface area contributed by atoms with E-state index in [-0.39, 0.29) is 37.5 Å². The summed E-state index contributed by atoms with van der Waals surface area (Å²) in [5, 5.41) is 12.2. The predicted octanol–water partition coefficient (Wildman–Crippen LogP) is 0.533. The Bertz CT molecular complexity index is 953. The number of nitrogens with zero attached hydrogens (tertiary/aromatic N) is 3. The lowest BCUT2D eigenvalue weighted by atomic mass is 10.1. The number of hydrogen-bond acceptors (Lipinski definition) is 5. The van der Waals surface area contributed by atoms with E-state index in [9.17, 15) is 24.3 Å². The summed E-state index contributed by atoms with van der Waals surface area (Å²) in [6.45, 7) is 4.90. The average Bonchev–Trinajstić information content (AvgIpc) is 2.64. The summed E-state index contributed by atoms with van der Waals surface area (Å²) in [7, 11) is 0. The van der Waals surface area contributed by atoms with Gasteiger partial charge in [-0.1, -0.05) is 12.1 Å². The van der Waals surface area contributed by atoms with E-state index in [1.165, 1.54) is 29.6 Å². The molecule has 0 aliphatic carbocycles. The monoisotopic (exact) mass is 388 g/mol. The zero-order valence-corrected chi connectivity index (χ0v) is 16.1. The zero-order valence-electron chi connectivity index (χ0n) is 16.1. The van der Waals surface area contributed by atoms with Gasteiger partial charge < -0.3 is 15.3 Å². The number of hydrogen-bond donors (Lipinski definition) is 2. The quantitative estimate of drug-likeness (QED) is 0.680. The standard InChI is InChI=1S/C19H24N4O5/c1-12-5-4-6-15-17(12)21-11-22(18(15)26)9-7-16(25)23(13(2)19(27)28)10-8-20-14(3)24/h4-6,11,13H,7-10H2,1-3H3,(H,20,24)(H,27,28). The van der Waals surface area contributed by atoms with Crippen molar-refractivity contribution in [3.05, 3.63) is 40.4 Å². The molecule has 1 atom stereocenters. The van der Waals surface area contributed by atoms with Crippen LogP contribution in [0.3, 0.4) is 0 Å². The second kappa shape index (κ2) is 9.12. The first-order valence-corrected chi connectivity index (χ1v) is 8.94. The van der Waals surface area contributed by atoms with E-state index in [2.05, 4.69) is 10.3 Å². The maximum atomic E-state index is 12.6. The normalized spacial score (nSPS) is 11.8. The lowest BCUT2D eigenvalue weighted by molar-refractivity contribution is -0.149. The minimum Gasteiger partial charge on any atom is -0.480 e. The number of fused-ring (bicyclic) bond motifs is 1. The summed E-state index contributed by atoms with van der Waals surface area (Å²) in [6.07, 6.45) is 1.34. The van der Waals surface area contributed by atoms with Gasteiger partial charge in [-0.15, -0.1) is 0 Å². The molecule has 0 bridgehead atoms. The highest BCUT2D eigenvalue weighted by Gasteiger charge is 2.25. The van der Waals surface area contributed by atoms with Crippen LogP contribution in [-0.2, 0) is 20.9 Å². The van der Waals surface area contributed by atoms with Gasteiger partial charge in [0.15, 0.2) is 0 Å². The topological polar surface area (TPSA) is 122 Å². The molecule has 2 aromatic rings. The second-order valence-corrected chi connectivity index (χ2v) is 6.55. The van der Waals surface area contributed by atoms with Gasteiger partial charge in [0, 0.05) is 33.0 Å². The maximum absolute atomic E-state index is 12.6. The van der Waals surface area contributed by atoms with Crippen molar-refractivity contribution in [2.24, 2.45) is 0 Å². The lowest BCUT2D eigenvalue weighted by Crippen LogP contribution is -2.47. The van der Waals surface area contributed by atoms with Crippen molar-refractivity contribution in [2.75, 3.05) is 13.1 Å². The number of aromatic nitrogens is 2. The molecular weight excluding hydrogens is 364 g/mol. The Balaban J connectivity index is 2.14. The highest BCUT2D eigenvalue weighted by Crippen LogP contribution is 2.11. The molecular formula is C19H24N4O5. The summed E-state index contributed by atoms with van der Waals surface area (Å²) >= 11 is 0. The fraction of sp³-hybridized carbons (Fsp3) is 0.421. The number of carbonyl (C=O) groups is 3. The van der Waals surface area contributed by atoms with Gasteiger partial charge in [0.1, 0.15) is 6.04 Å². The van der Waals surface area contributed by atoms with Gasteiger partial charge in [0.2, 0.25) is 11.8 Å². The average molecular weight is 388 g/mol. The third kappa shape index (κ3) is 4.93. The Labute approximate surface area is 162 Å². The van der Waals surface area contributed by atoms with Gasteiger partial charge >= 0.3 is 5.97 Å². The van der Waals surface area contributed by atoms with Crippen molar-refractivity contribution >= 4 is 28.7 Å². The molecule has 2 rings (SSSR count). The summed E-state index contributed by atoms with van der Waals surface area (Å²) in [4.78, 5) is 53.0. The number of carboxylic acid groups (broad SMARTS) is 1. The lowest BCUT2D eigenvalue weighted by Gasteiger charge is -2.26. The third-order valence-corrected chi connectivity index (χ3v) is 4.49. The Morgan fingerprint density at radius 1 is 1.32 bits per heavy atom. The minimum atomic E-state index is -1.14. The molecule has 9 nitrogen and oxygen atoms in total. The van der Waals surface area contributed by atoms with Gasteiger partial charge in [-0.3, -0.25) is 19.0 Å². The largest absolute Gasteiger partial charge is 0.480 e. The number of carboxylic acids is 1. The smallest absolute Gasteiger partial charge is 0.326 e. The molecule has 1 aromatic carbocycles. The Hall–Kier alpha value is -3.23. The molecule has 2 N–H and O–H groups in total. The van der Waals surface area contributed by atoms with E-state index in [4.69, 9.17) is 0 Å². The molecule has 1 aromatic heterocycles. The molecule has 1 heterocycles. The van der Waals surface area contributed by atoms with E-state index < -0.39 is 17.9 Å². The first-order valence-electron chi connectivity index (χ1n) is 8.94. The van der Waals surface area contributed by atoms with E-state index in [0.717, 1.165) is 5.56 Å². The number of carbonyl (C=O) groups excluding carboxylic acids is 2. The SMILES string of the molecule is CC(=O)NCCN(C(=O)CCn1cnc2c(C)cccc2c1=O)C(C)C(=O)O. The summed E-state index contributed by atoms with van der Waals surface area (Å²) < 4.78 is 1.34. The van der Waals surface area contributed by atoms with Crippen LogP contribution in [0.15, 0.2) is 29.3 Å². The van der Waals surface area contributed by atoms with Crippen LogP contribution in [0.1, 0.15) is 25.8 Å². The maximum Gasteiger partial charge on any atom is 0.326 e. The number of para-hydroxylation sites is 1. The van der Waals surface area contributed by atoms with Crippen LogP contribution in [0.2, 0.25) is 0 Å². The van der Waals surface area contributed by atoms with Gasteiger partial charge in [-0.2, -0.15) is 0 Å². The summed E-state index contributed by atoms with van der Waals surface area (Å²) in [6, 6.07) is 4.27. The molecule has 0 radical (unpaired) electrons. The van der Waals surface area contributed by atoms with Gasteiger partial charge in [-0.25, -0.2) is 9.78 Å². The van der Waals surface area contributed by atoms with Gasteiger partial charge in [0.05, 0.1) is 17.2 Å². The molecule has 1 unspecified atom stereocenters. The van der Waals surface area contributed by atoms with Crippen LogP contribution in [0, 0.1) is 6.92 Å². The predicted molar refractivity (Wildman–Crippen MR) is 103 cm³/mol. The number of benzene rings is 1. The molecule has 0 aliphatic heterocycles. The van der Waals surface area contributed by atoms with Crippen molar-refractivity contribution < 1.29 is 19.5 Å². The summed E-state index contributed by atoms with van der Waals surface area (Å²) in [5.74, 6) is -1.83. The van der Waals surface area contributed by atoms with Crippen LogP contribution in [0.25, 0.3) is 10.9 Å². The molecule has 0 fully saturated rings. The Kier molecular flexibility index (Phi) is 6.86. The molecule has 0 aliphatic rings. The molecule has 9 heteroatoms. The van der Waals surface area contributed by atoms with Crippen molar-refractivity contribution in [3.8, 4) is 0 Å². The number of nitrogens with one attached hydrogen (secondary N) is 1. The molecule has 2 amide bonds. The van der Waals surface area contributed by atoms with Crippen molar-refractivity contribution in [1.82, 2.24) is 19.8 Å². The Morgan fingerprint density at radius 2 is 2.04 bits per heavy atom. The molecule has 0 spiro atoms. The Morgan fingerprint density at radius 3 is 2.68 bits per heavy atom. The van der Waals surface area contributed by atoms with Crippen molar-refractivity contribution in [1.29, 1.82) is 0 Å². The van der Waals surface area contributed by atoms with Gasteiger partial charge in [-0.05, 0) is 25.5 Å². The van der Waals surface area contributed by atoms with Crippen LogP contribution in [-0.4, -0.2) is 56.5 Å². The molecule has 150 valence electrons. The van der Waals surface area contributed by atoms with E-state index >= 15 is 0 Å². The van der Waals surface area contributed by atoms with Crippen molar-refractivity contribution in [3.63, 3.8) is 0 Å². The number of rotatable bonds is 8. The zero-order chi connectivity index (χ0) is 20.8. The number of amides is 2. The first kappa shape index (κ1) is 21.1. The minimum absolute atomic E-state index is 0.0589. The van der Waals surface area contributed by atoms with E-state index in [1.54, 1.807) is 12.1 Å². The first-order chi connectivity index (χ1) is 13.2. The van der Waals surface area contributed by atoms with Crippen LogP contribution in [0.4, 0.5) is 0 Å². The highest BCUT2D eigenvalue weighted by molar-refractivity contribution is 5.83. The molecule has 28 heavy (non-hydrogen) atoms. The van der Waals surface area contributed by atoms with Crippen LogP contribution in [0.5, 0.6) is 0 Å². The van der Waals surface area contributed by atoms with E-state index in [0.29, 0.717) is 10.9 Å². The molecule has 0 saturated carbocycles.